The van der Waals surface area contributed by atoms with Gasteiger partial charge in [0.1, 0.15) is 5.82 Å². The SMILES string of the molecule is COC(=O)C(Nc1ccc(F)cc1)c1cscn1. The Morgan fingerprint density at radius 1 is 1.44 bits per heavy atom. The normalized spacial score (nSPS) is 11.9. The van der Waals surface area contributed by atoms with Gasteiger partial charge in [0.2, 0.25) is 0 Å². The number of esters is 1. The van der Waals surface area contributed by atoms with Gasteiger partial charge in [-0.2, -0.15) is 0 Å². The average molecular weight is 266 g/mol. The highest BCUT2D eigenvalue weighted by atomic mass is 32.1. The van der Waals surface area contributed by atoms with Crippen LogP contribution in [-0.2, 0) is 9.53 Å². The predicted molar refractivity (Wildman–Crippen MR) is 66.9 cm³/mol. The molecule has 1 atom stereocenters. The first-order valence-electron chi connectivity index (χ1n) is 5.18. The first-order chi connectivity index (χ1) is 8.70. The number of nitrogens with one attached hydrogen (secondary N) is 1. The number of nitrogens with zero attached hydrogens (tertiary/aromatic N) is 1. The van der Waals surface area contributed by atoms with Gasteiger partial charge in [0, 0.05) is 11.1 Å². The van der Waals surface area contributed by atoms with E-state index in [9.17, 15) is 9.18 Å². The summed E-state index contributed by atoms with van der Waals surface area (Å²) in [5.74, 6) is -0.769. The molecule has 18 heavy (non-hydrogen) atoms. The van der Waals surface area contributed by atoms with Crippen LogP contribution in [-0.4, -0.2) is 18.1 Å². The molecule has 0 aliphatic carbocycles. The monoisotopic (exact) mass is 266 g/mol. The van der Waals surface area contributed by atoms with E-state index >= 15 is 0 Å². The van der Waals surface area contributed by atoms with Gasteiger partial charge >= 0.3 is 5.97 Å². The maximum atomic E-state index is 12.8. The van der Waals surface area contributed by atoms with Crippen LogP contribution in [0.1, 0.15) is 11.7 Å². The Bertz CT molecular complexity index is 513. The fourth-order valence-corrected chi connectivity index (χ4v) is 2.03. The second-order valence-corrected chi connectivity index (χ2v) is 4.24. The number of methoxy groups -OCH3 is 1. The Morgan fingerprint density at radius 3 is 2.72 bits per heavy atom. The predicted octanol–water partition coefficient (Wildman–Crippen LogP) is 2.61. The molecule has 4 nitrogen and oxygen atoms in total. The van der Waals surface area contributed by atoms with Crippen LogP contribution in [0.3, 0.4) is 0 Å². The molecule has 0 spiro atoms. The summed E-state index contributed by atoms with van der Waals surface area (Å²) in [6.45, 7) is 0. The van der Waals surface area contributed by atoms with Gasteiger partial charge < -0.3 is 10.1 Å². The van der Waals surface area contributed by atoms with Crippen LogP contribution in [0.2, 0.25) is 0 Å². The zero-order chi connectivity index (χ0) is 13.0. The number of carbonyl (C=O) groups excluding carboxylic acids is 1. The summed E-state index contributed by atoms with van der Waals surface area (Å²) in [5.41, 5.74) is 2.84. The zero-order valence-electron chi connectivity index (χ0n) is 9.59. The molecule has 1 N–H and O–H groups in total. The van der Waals surface area contributed by atoms with Crippen molar-refractivity contribution < 1.29 is 13.9 Å². The van der Waals surface area contributed by atoms with Crippen molar-refractivity contribution in [3.8, 4) is 0 Å². The molecule has 0 aliphatic heterocycles. The lowest BCUT2D eigenvalue weighted by Crippen LogP contribution is -2.22. The van der Waals surface area contributed by atoms with Crippen molar-refractivity contribution in [2.75, 3.05) is 12.4 Å². The minimum atomic E-state index is -0.688. The van der Waals surface area contributed by atoms with Gasteiger partial charge in [-0.05, 0) is 24.3 Å². The third-order valence-electron chi connectivity index (χ3n) is 2.34. The molecule has 0 saturated heterocycles. The van der Waals surface area contributed by atoms with Gasteiger partial charge in [-0.25, -0.2) is 14.2 Å². The van der Waals surface area contributed by atoms with E-state index in [0.717, 1.165) is 0 Å². The summed E-state index contributed by atoms with van der Waals surface area (Å²) in [7, 11) is 1.31. The van der Waals surface area contributed by atoms with Gasteiger partial charge in [0.25, 0.3) is 0 Å². The molecular formula is C12H11FN2O2S. The lowest BCUT2D eigenvalue weighted by Gasteiger charge is -2.15. The van der Waals surface area contributed by atoms with Crippen LogP contribution >= 0.6 is 11.3 Å². The molecule has 6 heteroatoms. The van der Waals surface area contributed by atoms with E-state index in [2.05, 4.69) is 10.3 Å². The van der Waals surface area contributed by atoms with Crippen molar-refractivity contribution in [1.82, 2.24) is 4.98 Å². The van der Waals surface area contributed by atoms with Gasteiger partial charge in [0.15, 0.2) is 6.04 Å². The van der Waals surface area contributed by atoms with E-state index in [1.165, 1.54) is 30.6 Å². The minimum Gasteiger partial charge on any atom is -0.467 e. The molecule has 0 amide bonds. The van der Waals surface area contributed by atoms with Crippen molar-refractivity contribution >= 4 is 23.0 Å². The summed E-state index contributed by atoms with van der Waals surface area (Å²) in [5, 5.41) is 4.72. The number of hydrogen-bond donors (Lipinski definition) is 1. The number of hydrogen-bond acceptors (Lipinski definition) is 5. The topological polar surface area (TPSA) is 51.2 Å². The number of ether oxygens (including phenoxy) is 1. The Morgan fingerprint density at radius 2 is 2.17 bits per heavy atom. The number of rotatable bonds is 4. The van der Waals surface area contributed by atoms with Crippen molar-refractivity contribution in [3.63, 3.8) is 0 Å². The van der Waals surface area contributed by atoms with Crippen molar-refractivity contribution in [1.29, 1.82) is 0 Å². The molecule has 94 valence electrons. The van der Waals surface area contributed by atoms with Crippen LogP contribution < -0.4 is 5.32 Å². The minimum absolute atomic E-state index is 0.330. The number of carbonyl (C=O) groups is 1. The first kappa shape index (κ1) is 12.5. The van der Waals surface area contributed by atoms with Gasteiger partial charge in [0.05, 0.1) is 18.3 Å². The molecule has 2 aromatic rings. The summed E-state index contributed by atoms with van der Waals surface area (Å²) in [6.07, 6.45) is 0. The number of halogens is 1. The molecule has 1 aromatic heterocycles. The van der Waals surface area contributed by atoms with Crippen LogP contribution in [0.15, 0.2) is 35.2 Å². The van der Waals surface area contributed by atoms with E-state index in [1.807, 2.05) is 0 Å². The molecule has 0 aliphatic rings. The molecule has 1 heterocycles. The Balaban J connectivity index is 2.20. The van der Waals surface area contributed by atoms with Crippen molar-refractivity contribution in [3.05, 3.63) is 46.7 Å². The quantitative estimate of drug-likeness (QED) is 0.864. The summed E-state index contributed by atoms with van der Waals surface area (Å²) in [4.78, 5) is 15.8. The summed E-state index contributed by atoms with van der Waals surface area (Å²) < 4.78 is 17.5. The molecule has 0 radical (unpaired) electrons. The number of aromatic nitrogens is 1. The molecule has 1 unspecified atom stereocenters. The lowest BCUT2D eigenvalue weighted by atomic mass is 10.2. The summed E-state index contributed by atoms with van der Waals surface area (Å²) >= 11 is 1.39. The van der Waals surface area contributed by atoms with E-state index in [0.29, 0.717) is 11.4 Å². The van der Waals surface area contributed by atoms with E-state index in [-0.39, 0.29) is 5.82 Å². The largest absolute Gasteiger partial charge is 0.467 e. The lowest BCUT2D eigenvalue weighted by molar-refractivity contribution is -0.141. The zero-order valence-corrected chi connectivity index (χ0v) is 10.4. The Hall–Kier alpha value is -1.95. The van der Waals surface area contributed by atoms with Crippen molar-refractivity contribution in [2.24, 2.45) is 0 Å². The van der Waals surface area contributed by atoms with E-state index in [1.54, 1.807) is 23.0 Å². The number of anilines is 1. The number of benzene rings is 1. The highest BCUT2D eigenvalue weighted by molar-refractivity contribution is 7.07. The highest BCUT2D eigenvalue weighted by Gasteiger charge is 2.23. The van der Waals surface area contributed by atoms with Crippen molar-refractivity contribution in [2.45, 2.75) is 6.04 Å². The molecule has 2 rings (SSSR count). The van der Waals surface area contributed by atoms with E-state index in [4.69, 9.17) is 4.74 Å². The van der Waals surface area contributed by atoms with Gasteiger partial charge in [-0.3, -0.25) is 0 Å². The maximum absolute atomic E-state index is 12.8. The second kappa shape index (κ2) is 5.59. The maximum Gasteiger partial charge on any atom is 0.334 e. The fraction of sp³-hybridized carbons (Fsp3) is 0.167. The fourth-order valence-electron chi connectivity index (χ4n) is 1.45. The molecule has 0 fully saturated rings. The molecule has 1 aromatic carbocycles. The molecular weight excluding hydrogens is 255 g/mol. The highest BCUT2D eigenvalue weighted by Crippen LogP contribution is 2.21. The smallest absolute Gasteiger partial charge is 0.334 e. The second-order valence-electron chi connectivity index (χ2n) is 3.52. The molecule has 0 saturated carbocycles. The Kier molecular flexibility index (Phi) is 3.88. The van der Waals surface area contributed by atoms with Crippen LogP contribution in [0.25, 0.3) is 0 Å². The van der Waals surface area contributed by atoms with Gasteiger partial charge in [-0.15, -0.1) is 11.3 Å². The van der Waals surface area contributed by atoms with E-state index < -0.39 is 12.0 Å². The first-order valence-corrected chi connectivity index (χ1v) is 6.13. The molecule has 0 bridgehead atoms. The van der Waals surface area contributed by atoms with Crippen LogP contribution in [0.5, 0.6) is 0 Å². The number of thiazole rings is 1. The Labute approximate surface area is 107 Å². The third-order valence-corrected chi connectivity index (χ3v) is 2.94. The van der Waals surface area contributed by atoms with Gasteiger partial charge in [-0.1, -0.05) is 0 Å². The van der Waals surface area contributed by atoms with Crippen LogP contribution in [0.4, 0.5) is 10.1 Å². The summed E-state index contributed by atoms with van der Waals surface area (Å²) in [6, 6.07) is 5.05. The standard InChI is InChI=1S/C12H11FN2O2S/c1-17-12(16)11(10-6-18-7-14-10)15-9-4-2-8(13)3-5-9/h2-7,11,15H,1H3. The average Bonchev–Trinajstić information content (AvgIpc) is 2.91. The third kappa shape index (κ3) is 2.84. The van der Waals surface area contributed by atoms with Crippen LogP contribution in [0, 0.1) is 5.82 Å².